The third-order valence-corrected chi connectivity index (χ3v) is 1.86. The lowest BCUT2D eigenvalue weighted by Crippen LogP contribution is -2.41. The zero-order chi connectivity index (χ0) is 10.3. The Morgan fingerprint density at radius 1 is 1.64 bits per heavy atom. The number of carbonyl (C=O) groups is 2. The highest BCUT2D eigenvalue weighted by Crippen LogP contribution is 2.29. The van der Waals surface area contributed by atoms with E-state index in [0.29, 0.717) is 0 Å². The molecule has 2 rings (SSSR count). The molecule has 1 aliphatic carbocycles. The maximum atomic E-state index is 13.7. The van der Waals surface area contributed by atoms with Crippen molar-refractivity contribution in [3.05, 3.63) is 24.0 Å². The summed E-state index contributed by atoms with van der Waals surface area (Å²) in [5, 5.41) is 8.63. The standard InChI is InChI=1S/C8H4FNO4/c9-8(6(11)12)3-1-2-4-5(8)10-7(13)14-4/h1-3H,(H,11,12). The molecule has 0 spiro atoms. The van der Waals surface area contributed by atoms with Gasteiger partial charge in [-0.1, -0.05) is 6.08 Å². The molecule has 5 nitrogen and oxygen atoms in total. The van der Waals surface area contributed by atoms with Crippen LogP contribution in [0, 0.1) is 0 Å². The highest BCUT2D eigenvalue weighted by molar-refractivity contribution is 6.24. The zero-order valence-electron chi connectivity index (χ0n) is 6.73. The molecule has 72 valence electrons. The normalized spacial score (nSPS) is 29.1. The summed E-state index contributed by atoms with van der Waals surface area (Å²) >= 11 is 0. The maximum absolute atomic E-state index is 13.7. The van der Waals surface area contributed by atoms with Crippen LogP contribution in [0.4, 0.5) is 9.18 Å². The Morgan fingerprint density at radius 3 is 3.00 bits per heavy atom. The van der Waals surface area contributed by atoms with E-state index in [1.54, 1.807) is 0 Å². The van der Waals surface area contributed by atoms with E-state index in [0.717, 1.165) is 6.08 Å². The van der Waals surface area contributed by atoms with Gasteiger partial charge in [-0.2, -0.15) is 4.99 Å². The number of aliphatic carboxylic acids is 1. The topological polar surface area (TPSA) is 76.0 Å². The summed E-state index contributed by atoms with van der Waals surface area (Å²) in [7, 11) is 0. The van der Waals surface area contributed by atoms with E-state index in [4.69, 9.17) is 5.11 Å². The van der Waals surface area contributed by atoms with Crippen molar-refractivity contribution in [1.82, 2.24) is 0 Å². The van der Waals surface area contributed by atoms with Crippen molar-refractivity contribution < 1.29 is 23.8 Å². The number of alkyl halides is 1. The van der Waals surface area contributed by atoms with Crippen LogP contribution in [0.5, 0.6) is 0 Å². The maximum Gasteiger partial charge on any atom is 0.439 e. The number of carboxylic acid groups (broad SMARTS) is 1. The highest BCUT2D eigenvalue weighted by atomic mass is 19.1. The van der Waals surface area contributed by atoms with Crippen molar-refractivity contribution in [2.24, 2.45) is 4.99 Å². The van der Waals surface area contributed by atoms with Crippen LogP contribution in [0.2, 0.25) is 0 Å². The molecule has 0 aromatic heterocycles. The van der Waals surface area contributed by atoms with Crippen molar-refractivity contribution >= 4 is 17.8 Å². The smallest absolute Gasteiger partial charge is 0.439 e. The Labute approximate surface area is 77.2 Å². The quantitative estimate of drug-likeness (QED) is 0.675. The van der Waals surface area contributed by atoms with Gasteiger partial charge in [-0.25, -0.2) is 14.0 Å². The average molecular weight is 197 g/mol. The molecule has 14 heavy (non-hydrogen) atoms. The molecule has 0 saturated heterocycles. The number of amides is 1. The Balaban J connectivity index is 2.54. The fourth-order valence-electron chi connectivity index (χ4n) is 1.20. The zero-order valence-corrected chi connectivity index (χ0v) is 6.73. The largest absolute Gasteiger partial charge is 0.478 e. The molecule has 0 radical (unpaired) electrons. The predicted octanol–water partition coefficient (Wildman–Crippen LogP) is 0.824. The molecule has 1 atom stereocenters. The molecule has 1 unspecified atom stereocenters. The van der Waals surface area contributed by atoms with E-state index in [1.807, 2.05) is 0 Å². The third-order valence-electron chi connectivity index (χ3n) is 1.86. The number of aliphatic imine (C=N–C) groups is 1. The Bertz CT molecular complexity index is 423. The summed E-state index contributed by atoms with van der Waals surface area (Å²) in [6, 6.07) is 0. The Hall–Kier alpha value is -1.98. The lowest BCUT2D eigenvalue weighted by molar-refractivity contribution is -0.143. The monoisotopic (exact) mass is 197 g/mol. The number of halogens is 1. The number of ether oxygens (including phenoxy) is 1. The van der Waals surface area contributed by atoms with E-state index in [9.17, 15) is 14.0 Å². The number of nitrogens with zero attached hydrogens (tertiary/aromatic N) is 1. The Kier molecular flexibility index (Phi) is 1.54. The van der Waals surface area contributed by atoms with E-state index >= 15 is 0 Å². The minimum absolute atomic E-state index is 0.151. The molecule has 1 aliphatic heterocycles. The number of fused-ring (bicyclic) bond motifs is 1. The van der Waals surface area contributed by atoms with Crippen molar-refractivity contribution in [1.29, 1.82) is 0 Å². The molecule has 0 fully saturated rings. The van der Waals surface area contributed by atoms with Crippen LogP contribution < -0.4 is 0 Å². The van der Waals surface area contributed by atoms with Gasteiger partial charge >= 0.3 is 12.1 Å². The lowest BCUT2D eigenvalue weighted by Gasteiger charge is -2.18. The van der Waals surface area contributed by atoms with Crippen molar-refractivity contribution in [2.45, 2.75) is 5.67 Å². The van der Waals surface area contributed by atoms with Gasteiger partial charge in [0.25, 0.3) is 5.67 Å². The predicted molar refractivity (Wildman–Crippen MR) is 42.6 cm³/mol. The number of carbonyl (C=O) groups excluding carboxylic acids is 1. The first-order valence-electron chi connectivity index (χ1n) is 3.67. The summed E-state index contributed by atoms with van der Waals surface area (Å²) in [4.78, 5) is 24.5. The highest BCUT2D eigenvalue weighted by Gasteiger charge is 2.49. The fourth-order valence-corrected chi connectivity index (χ4v) is 1.20. The lowest BCUT2D eigenvalue weighted by atomic mass is 9.94. The van der Waals surface area contributed by atoms with Gasteiger partial charge in [0, 0.05) is 0 Å². The van der Waals surface area contributed by atoms with E-state index < -0.39 is 23.4 Å². The fraction of sp³-hybridized carbons (Fsp3) is 0.125. The van der Waals surface area contributed by atoms with Gasteiger partial charge in [0.05, 0.1) is 0 Å². The molecule has 0 aromatic rings. The molecular weight excluding hydrogens is 193 g/mol. The van der Waals surface area contributed by atoms with Crippen LogP contribution in [0.15, 0.2) is 29.0 Å². The van der Waals surface area contributed by atoms with Gasteiger partial charge in [0.15, 0.2) is 5.76 Å². The molecule has 1 amide bonds. The number of hydrogen-bond acceptors (Lipinski definition) is 3. The van der Waals surface area contributed by atoms with Gasteiger partial charge in [-0.05, 0) is 12.2 Å². The minimum atomic E-state index is -2.77. The van der Waals surface area contributed by atoms with E-state index in [2.05, 4.69) is 9.73 Å². The molecule has 1 N–H and O–H groups in total. The van der Waals surface area contributed by atoms with Crippen LogP contribution in [-0.2, 0) is 9.53 Å². The van der Waals surface area contributed by atoms with Crippen LogP contribution in [0.25, 0.3) is 0 Å². The van der Waals surface area contributed by atoms with Crippen LogP contribution in [0.3, 0.4) is 0 Å². The second-order valence-corrected chi connectivity index (χ2v) is 2.74. The molecule has 6 heteroatoms. The summed E-state index contributed by atoms with van der Waals surface area (Å²) < 4.78 is 18.2. The number of rotatable bonds is 1. The third kappa shape index (κ3) is 0.968. The minimum Gasteiger partial charge on any atom is -0.478 e. The molecular formula is C8H4FNO4. The summed E-state index contributed by atoms with van der Waals surface area (Å²) in [6.07, 6.45) is 2.25. The van der Waals surface area contributed by atoms with Crippen LogP contribution in [0.1, 0.15) is 0 Å². The van der Waals surface area contributed by atoms with Crippen molar-refractivity contribution in [2.75, 3.05) is 0 Å². The molecule has 2 aliphatic rings. The van der Waals surface area contributed by atoms with E-state index in [1.165, 1.54) is 12.2 Å². The second kappa shape index (κ2) is 2.50. The molecule has 0 saturated carbocycles. The van der Waals surface area contributed by atoms with Crippen molar-refractivity contribution in [3.63, 3.8) is 0 Å². The van der Waals surface area contributed by atoms with Crippen molar-refractivity contribution in [3.8, 4) is 0 Å². The first-order chi connectivity index (χ1) is 6.54. The molecule has 1 heterocycles. The van der Waals surface area contributed by atoms with Crippen LogP contribution in [-0.4, -0.2) is 28.5 Å². The first kappa shape index (κ1) is 8.61. The summed E-state index contributed by atoms with van der Waals surface area (Å²) in [5.41, 5.74) is -3.27. The number of carboxylic acids is 1. The van der Waals surface area contributed by atoms with Gasteiger partial charge in [0.1, 0.15) is 5.71 Å². The summed E-state index contributed by atoms with van der Waals surface area (Å²) in [6.45, 7) is 0. The van der Waals surface area contributed by atoms with Gasteiger partial charge < -0.3 is 9.84 Å². The molecule has 0 aromatic carbocycles. The summed E-state index contributed by atoms with van der Waals surface area (Å²) in [5.74, 6) is -1.88. The SMILES string of the molecule is O=C1N=C2C(=CC=CC2(F)C(=O)O)O1. The van der Waals surface area contributed by atoms with Gasteiger partial charge in [0.2, 0.25) is 0 Å². The van der Waals surface area contributed by atoms with Gasteiger partial charge in [-0.3, -0.25) is 0 Å². The Morgan fingerprint density at radius 2 is 2.36 bits per heavy atom. The van der Waals surface area contributed by atoms with Gasteiger partial charge in [-0.15, -0.1) is 0 Å². The number of allylic oxidation sites excluding steroid dienone is 3. The average Bonchev–Trinajstić information content (AvgIpc) is 2.47. The second-order valence-electron chi connectivity index (χ2n) is 2.74. The number of hydrogen-bond donors (Lipinski definition) is 1. The van der Waals surface area contributed by atoms with E-state index in [-0.39, 0.29) is 5.76 Å². The first-order valence-corrected chi connectivity index (χ1v) is 3.67. The van der Waals surface area contributed by atoms with Crippen LogP contribution >= 0.6 is 0 Å². The molecule has 0 bridgehead atoms.